The number of benzene rings is 2. The highest BCUT2D eigenvalue weighted by atomic mass is 16.5. The molecule has 0 aromatic heterocycles. The molecule has 1 unspecified atom stereocenters. The van der Waals surface area contributed by atoms with Gasteiger partial charge in [0.1, 0.15) is 22.8 Å². The monoisotopic (exact) mass is 409 g/mol. The van der Waals surface area contributed by atoms with Crippen molar-refractivity contribution in [3.05, 3.63) is 53.6 Å². The summed E-state index contributed by atoms with van der Waals surface area (Å²) >= 11 is 0. The maximum absolute atomic E-state index is 10.0. The zero-order chi connectivity index (χ0) is 21.0. The van der Waals surface area contributed by atoms with E-state index in [1.807, 2.05) is 26.0 Å². The Morgan fingerprint density at radius 3 is 2.53 bits per heavy atom. The Morgan fingerprint density at radius 1 is 1.03 bits per heavy atom. The van der Waals surface area contributed by atoms with Crippen LogP contribution in [0.25, 0.3) is 0 Å². The first kappa shape index (κ1) is 21.0. The van der Waals surface area contributed by atoms with Crippen molar-refractivity contribution in [2.75, 3.05) is 13.1 Å². The highest BCUT2D eigenvalue weighted by molar-refractivity contribution is 5.49. The molecule has 5 rings (SSSR count). The van der Waals surface area contributed by atoms with Gasteiger partial charge in [-0.05, 0) is 81.8 Å². The Morgan fingerprint density at radius 2 is 1.80 bits per heavy atom. The molecule has 30 heavy (non-hydrogen) atoms. The second-order valence-corrected chi connectivity index (χ2v) is 8.61. The quantitative estimate of drug-likeness (QED) is 0.675. The Hall–Kier alpha value is -2.20. The van der Waals surface area contributed by atoms with Gasteiger partial charge in [0.15, 0.2) is 0 Å². The van der Waals surface area contributed by atoms with E-state index in [0.29, 0.717) is 11.9 Å². The van der Waals surface area contributed by atoms with Gasteiger partial charge in [-0.2, -0.15) is 0 Å². The van der Waals surface area contributed by atoms with E-state index >= 15 is 0 Å². The predicted molar refractivity (Wildman–Crippen MR) is 121 cm³/mol. The van der Waals surface area contributed by atoms with Crippen LogP contribution in [-0.4, -0.2) is 29.9 Å². The van der Waals surface area contributed by atoms with Gasteiger partial charge < -0.3 is 19.9 Å². The Labute approximate surface area is 180 Å². The minimum atomic E-state index is -0.139. The summed E-state index contributed by atoms with van der Waals surface area (Å²) in [6.45, 7) is 5.97. The number of hydrogen-bond acceptors (Lipinski definition) is 4. The number of piperidine rings is 1. The van der Waals surface area contributed by atoms with Crippen LogP contribution in [0, 0.1) is 0 Å². The minimum absolute atomic E-state index is 0.139. The van der Waals surface area contributed by atoms with Crippen LogP contribution in [-0.2, 0) is 0 Å². The summed E-state index contributed by atoms with van der Waals surface area (Å²) in [7, 11) is 0. The fourth-order valence-corrected chi connectivity index (χ4v) is 5.15. The molecule has 0 amide bonds. The van der Waals surface area contributed by atoms with Gasteiger partial charge in [0.2, 0.25) is 0 Å². The van der Waals surface area contributed by atoms with Crippen molar-refractivity contribution >= 4 is 0 Å². The van der Waals surface area contributed by atoms with E-state index < -0.39 is 0 Å². The van der Waals surface area contributed by atoms with Gasteiger partial charge in [0.25, 0.3) is 0 Å². The lowest BCUT2D eigenvalue weighted by Crippen LogP contribution is -2.49. The number of hydrogen-bond donors (Lipinski definition) is 2. The van der Waals surface area contributed by atoms with E-state index in [9.17, 15) is 5.11 Å². The molecule has 2 aromatic rings. The summed E-state index contributed by atoms with van der Waals surface area (Å²) in [5.74, 6) is 2.43. The lowest BCUT2D eigenvalue weighted by molar-refractivity contribution is 0.0110. The molecule has 1 saturated carbocycles. The molecule has 1 spiro atoms. The zero-order valence-corrected chi connectivity index (χ0v) is 18.3. The molecule has 0 bridgehead atoms. The normalized spacial score (nSPS) is 22.5. The third-order valence-corrected chi connectivity index (χ3v) is 6.66. The third kappa shape index (κ3) is 4.44. The zero-order valence-electron chi connectivity index (χ0n) is 18.3. The highest BCUT2D eigenvalue weighted by Gasteiger charge is 2.42. The first-order valence-corrected chi connectivity index (χ1v) is 11.7. The van der Waals surface area contributed by atoms with Gasteiger partial charge >= 0.3 is 0 Å². The van der Waals surface area contributed by atoms with Gasteiger partial charge in [0, 0.05) is 17.5 Å². The van der Waals surface area contributed by atoms with E-state index in [0.717, 1.165) is 62.3 Å². The second-order valence-electron chi connectivity index (χ2n) is 8.61. The molecule has 1 saturated heterocycles. The maximum atomic E-state index is 10.0. The summed E-state index contributed by atoms with van der Waals surface area (Å²) in [5.41, 5.74) is 2.22. The Bertz CT molecular complexity index is 838. The van der Waals surface area contributed by atoms with Gasteiger partial charge in [-0.1, -0.05) is 32.0 Å². The van der Waals surface area contributed by atoms with E-state index in [1.54, 1.807) is 6.07 Å². The number of ether oxygens (including phenoxy) is 2. The smallest absolute Gasteiger partial charge is 0.127 e. The SMILES string of the molecule is CC.Oc1cccc(C2CC3(CCNCC3)Oc3cc(OC4CCCC4)ccc32)c1. The number of fused-ring (bicyclic) bond motifs is 1. The first-order chi connectivity index (χ1) is 14.7. The molecular weight excluding hydrogens is 374 g/mol. The van der Waals surface area contributed by atoms with Crippen LogP contribution in [0.15, 0.2) is 42.5 Å². The summed E-state index contributed by atoms with van der Waals surface area (Å²) in [6.07, 6.45) is 8.15. The molecule has 2 heterocycles. The van der Waals surface area contributed by atoms with E-state index in [4.69, 9.17) is 9.47 Å². The number of nitrogens with one attached hydrogen (secondary N) is 1. The van der Waals surface area contributed by atoms with E-state index in [1.165, 1.54) is 18.4 Å². The largest absolute Gasteiger partial charge is 0.508 e. The summed E-state index contributed by atoms with van der Waals surface area (Å²) in [4.78, 5) is 0. The van der Waals surface area contributed by atoms with Crippen molar-refractivity contribution in [3.8, 4) is 17.2 Å². The lowest BCUT2D eigenvalue weighted by atomic mass is 9.75. The van der Waals surface area contributed by atoms with Crippen LogP contribution in [0.5, 0.6) is 17.2 Å². The molecule has 0 radical (unpaired) electrons. The van der Waals surface area contributed by atoms with Gasteiger partial charge in [0.05, 0.1) is 6.10 Å². The molecule has 3 aliphatic rings. The van der Waals surface area contributed by atoms with Crippen molar-refractivity contribution < 1.29 is 14.6 Å². The molecule has 2 aliphatic heterocycles. The Balaban J connectivity index is 0.00000106. The topological polar surface area (TPSA) is 50.7 Å². The molecule has 2 aromatic carbocycles. The molecular formula is C26H35NO3. The lowest BCUT2D eigenvalue weighted by Gasteiger charge is -2.45. The van der Waals surface area contributed by atoms with Crippen molar-refractivity contribution in [2.45, 2.75) is 76.4 Å². The van der Waals surface area contributed by atoms with Crippen molar-refractivity contribution in [1.29, 1.82) is 0 Å². The average molecular weight is 410 g/mol. The third-order valence-electron chi connectivity index (χ3n) is 6.66. The molecule has 2 N–H and O–H groups in total. The molecule has 162 valence electrons. The molecule has 1 atom stereocenters. The fraction of sp³-hybridized carbons (Fsp3) is 0.538. The maximum Gasteiger partial charge on any atom is 0.127 e. The number of phenols is 1. The van der Waals surface area contributed by atoms with Crippen LogP contribution in [0.3, 0.4) is 0 Å². The summed E-state index contributed by atoms with van der Waals surface area (Å²) in [5, 5.41) is 13.5. The van der Waals surface area contributed by atoms with Crippen LogP contribution in [0.1, 0.15) is 75.8 Å². The number of aromatic hydroxyl groups is 1. The predicted octanol–water partition coefficient (Wildman–Crippen LogP) is 5.78. The summed E-state index contributed by atoms with van der Waals surface area (Å²) < 4.78 is 12.9. The van der Waals surface area contributed by atoms with Crippen LogP contribution < -0.4 is 14.8 Å². The van der Waals surface area contributed by atoms with Crippen LogP contribution in [0.4, 0.5) is 0 Å². The van der Waals surface area contributed by atoms with Crippen molar-refractivity contribution in [1.82, 2.24) is 5.32 Å². The number of phenolic OH excluding ortho intramolecular Hbond substituents is 1. The van der Waals surface area contributed by atoms with Gasteiger partial charge in [-0.15, -0.1) is 0 Å². The molecule has 2 fully saturated rings. The first-order valence-electron chi connectivity index (χ1n) is 11.7. The molecule has 4 heteroatoms. The highest BCUT2D eigenvalue weighted by Crippen LogP contribution is 2.48. The van der Waals surface area contributed by atoms with Crippen LogP contribution in [0.2, 0.25) is 0 Å². The summed E-state index contributed by atoms with van der Waals surface area (Å²) in [6, 6.07) is 14.1. The molecule has 4 nitrogen and oxygen atoms in total. The fourth-order valence-electron chi connectivity index (χ4n) is 5.15. The van der Waals surface area contributed by atoms with E-state index in [2.05, 4.69) is 29.6 Å². The average Bonchev–Trinajstić information content (AvgIpc) is 3.28. The van der Waals surface area contributed by atoms with E-state index in [-0.39, 0.29) is 11.5 Å². The second kappa shape index (κ2) is 9.30. The Kier molecular flexibility index (Phi) is 6.52. The van der Waals surface area contributed by atoms with Gasteiger partial charge in [-0.25, -0.2) is 0 Å². The minimum Gasteiger partial charge on any atom is -0.508 e. The standard InChI is InChI=1S/C24H29NO3.C2H6/c26-18-5-3-4-17(14-18)22-16-24(10-12-25-13-11-24)28-23-15-20(8-9-21(22)23)27-19-6-1-2-7-19;1-2/h3-5,8-9,14-15,19,22,25-26H,1-2,6-7,10-13,16H2;1-2H3. The molecule has 1 aliphatic carbocycles. The van der Waals surface area contributed by atoms with Crippen molar-refractivity contribution in [2.24, 2.45) is 0 Å². The van der Waals surface area contributed by atoms with Crippen LogP contribution >= 0.6 is 0 Å². The number of rotatable bonds is 3. The van der Waals surface area contributed by atoms with Gasteiger partial charge in [-0.3, -0.25) is 0 Å². The van der Waals surface area contributed by atoms with Crippen molar-refractivity contribution in [3.63, 3.8) is 0 Å².